The molecule has 2 aliphatic heterocycles. The zero-order valence-corrected chi connectivity index (χ0v) is 10.9. The Morgan fingerprint density at radius 3 is 2.85 bits per heavy atom. The second-order valence-electron chi connectivity index (χ2n) is 5.10. The van der Waals surface area contributed by atoms with Gasteiger partial charge >= 0.3 is 0 Å². The van der Waals surface area contributed by atoms with Gasteiger partial charge in [-0.1, -0.05) is 12.1 Å². The number of likely N-dealkylation sites (tertiary alicyclic amines) is 1. The monoisotopic (exact) mass is 270 g/mol. The van der Waals surface area contributed by atoms with Gasteiger partial charge in [0.2, 0.25) is 0 Å². The molecule has 0 aliphatic carbocycles. The van der Waals surface area contributed by atoms with Gasteiger partial charge < -0.3 is 5.32 Å². The largest absolute Gasteiger partial charge is 0.322 e. The number of hydrogen-bond donors (Lipinski definition) is 1. The molecule has 1 N–H and O–H groups in total. The summed E-state index contributed by atoms with van der Waals surface area (Å²) in [6.45, 7) is 1.79. The number of aromatic nitrogens is 4. The van der Waals surface area contributed by atoms with Crippen LogP contribution in [-0.4, -0.2) is 44.1 Å². The second-order valence-corrected chi connectivity index (χ2v) is 5.10. The Bertz CT molecular complexity index is 660. The number of fused-ring (bicyclic) bond motifs is 3. The maximum Gasteiger partial charge on any atom is 0.264 e. The summed E-state index contributed by atoms with van der Waals surface area (Å²) < 4.78 is 1.63. The van der Waals surface area contributed by atoms with E-state index in [0.29, 0.717) is 5.82 Å². The number of nitrogens with zero attached hydrogens (tertiary/aromatic N) is 5. The summed E-state index contributed by atoms with van der Waals surface area (Å²) in [5.41, 5.74) is 1.61. The molecule has 7 nitrogen and oxygen atoms in total. The number of hydrogen-bond acceptors (Lipinski definition) is 5. The Balaban J connectivity index is 1.87. The third kappa shape index (κ3) is 1.63. The Kier molecular flexibility index (Phi) is 2.53. The van der Waals surface area contributed by atoms with Crippen LogP contribution in [-0.2, 0) is 4.79 Å². The molecule has 2 aliphatic rings. The summed E-state index contributed by atoms with van der Waals surface area (Å²) in [5, 5.41) is 14.9. The standard InChI is InChI=1S/C13H14N6O/c20-12-13(18-7-3-4-8-18)19-11(15-16-17-19)9-5-1-2-6-10(9)14-12/h1-2,5-6,13H,3-4,7-8H2,(H,14,20). The predicted molar refractivity (Wildman–Crippen MR) is 71.7 cm³/mol. The third-order valence-corrected chi connectivity index (χ3v) is 3.87. The molecule has 0 saturated carbocycles. The summed E-state index contributed by atoms with van der Waals surface area (Å²) in [4.78, 5) is 14.7. The Morgan fingerprint density at radius 1 is 1.20 bits per heavy atom. The van der Waals surface area contributed by atoms with Crippen LogP contribution in [0.4, 0.5) is 5.69 Å². The molecule has 7 heteroatoms. The van der Waals surface area contributed by atoms with Gasteiger partial charge in [-0.05, 0) is 35.4 Å². The summed E-state index contributed by atoms with van der Waals surface area (Å²) in [6.07, 6.45) is 1.75. The van der Waals surface area contributed by atoms with Gasteiger partial charge in [-0.3, -0.25) is 9.69 Å². The first kappa shape index (κ1) is 11.5. The van der Waals surface area contributed by atoms with Gasteiger partial charge in [0.25, 0.3) is 5.91 Å². The van der Waals surface area contributed by atoms with Gasteiger partial charge in [-0.2, -0.15) is 4.68 Å². The molecule has 1 amide bonds. The van der Waals surface area contributed by atoms with E-state index in [-0.39, 0.29) is 5.91 Å². The van der Waals surface area contributed by atoms with Crippen molar-refractivity contribution in [1.82, 2.24) is 25.1 Å². The van der Waals surface area contributed by atoms with Gasteiger partial charge in [-0.25, -0.2) is 0 Å². The number of carbonyl (C=O) groups is 1. The van der Waals surface area contributed by atoms with E-state index in [1.165, 1.54) is 0 Å². The van der Waals surface area contributed by atoms with E-state index in [1.807, 2.05) is 24.3 Å². The van der Waals surface area contributed by atoms with Crippen LogP contribution in [0.25, 0.3) is 11.4 Å². The quantitative estimate of drug-likeness (QED) is 0.832. The van der Waals surface area contributed by atoms with Crippen molar-refractivity contribution in [3.05, 3.63) is 24.3 Å². The summed E-state index contributed by atoms with van der Waals surface area (Å²) in [7, 11) is 0. The molecule has 1 aromatic heterocycles. The van der Waals surface area contributed by atoms with Crippen molar-refractivity contribution >= 4 is 11.6 Å². The predicted octanol–water partition coefficient (Wildman–Crippen LogP) is 0.887. The molecule has 20 heavy (non-hydrogen) atoms. The van der Waals surface area contributed by atoms with Crippen molar-refractivity contribution in [2.75, 3.05) is 18.4 Å². The highest BCUT2D eigenvalue weighted by molar-refractivity contribution is 5.98. The van der Waals surface area contributed by atoms with Gasteiger partial charge in [0.15, 0.2) is 12.0 Å². The van der Waals surface area contributed by atoms with Crippen LogP contribution < -0.4 is 5.32 Å². The van der Waals surface area contributed by atoms with Crippen molar-refractivity contribution in [1.29, 1.82) is 0 Å². The first-order valence-corrected chi connectivity index (χ1v) is 6.77. The lowest BCUT2D eigenvalue weighted by molar-refractivity contribution is -0.124. The molecule has 0 spiro atoms. The fourth-order valence-electron chi connectivity index (χ4n) is 2.94. The number of amides is 1. The number of tetrazole rings is 1. The van der Waals surface area contributed by atoms with E-state index in [9.17, 15) is 4.79 Å². The van der Waals surface area contributed by atoms with Crippen LogP contribution in [0.15, 0.2) is 24.3 Å². The molecule has 2 aromatic rings. The highest BCUT2D eigenvalue weighted by Crippen LogP contribution is 2.33. The molecule has 0 radical (unpaired) electrons. The fourth-order valence-corrected chi connectivity index (χ4v) is 2.94. The van der Waals surface area contributed by atoms with E-state index in [4.69, 9.17) is 0 Å². The summed E-state index contributed by atoms with van der Waals surface area (Å²) >= 11 is 0. The molecule has 1 unspecified atom stereocenters. The van der Waals surface area contributed by atoms with E-state index in [0.717, 1.165) is 37.2 Å². The van der Waals surface area contributed by atoms with Gasteiger partial charge in [0, 0.05) is 18.7 Å². The molecule has 1 saturated heterocycles. The highest BCUT2D eigenvalue weighted by Gasteiger charge is 2.36. The average Bonchev–Trinajstić information content (AvgIpc) is 3.10. The molecule has 3 heterocycles. The molecule has 4 rings (SSSR count). The number of rotatable bonds is 1. The van der Waals surface area contributed by atoms with E-state index >= 15 is 0 Å². The Hall–Kier alpha value is -2.28. The van der Waals surface area contributed by atoms with Crippen LogP contribution in [0.3, 0.4) is 0 Å². The van der Waals surface area contributed by atoms with Crippen LogP contribution in [0, 0.1) is 0 Å². The normalized spacial score (nSPS) is 22.0. The molecular formula is C13H14N6O. The molecule has 1 atom stereocenters. The van der Waals surface area contributed by atoms with Crippen molar-refractivity contribution in [2.24, 2.45) is 0 Å². The van der Waals surface area contributed by atoms with Gasteiger partial charge in [-0.15, -0.1) is 5.10 Å². The van der Waals surface area contributed by atoms with E-state index < -0.39 is 6.17 Å². The number of para-hydroxylation sites is 1. The fraction of sp³-hybridized carbons (Fsp3) is 0.385. The topological polar surface area (TPSA) is 75.9 Å². The maximum atomic E-state index is 12.6. The maximum absolute atomic E-state index is 12.6. The molecule has 102 valence electrons. The third-order valence-electron chi connectivity index (χ3n) is 3.87. The summed E-state index contributed by atoms with van der Waals surface area (Å²) in [6, 6.07) is 7.60. The van der Waals surface area contributed by atoms with Crippen molar-refractivity contribution in [3.63, 3.8) is 0 Å². The minimum Gasteiger partial charge on any atom is -0.322 e. The molecule has 1 aromatic carbocycles. The highest BCUT2D eigenvalue weighted by atomic mass is 16.2. The number of benzene rings is 1. The molecule has 1 fully saturated rings. The zero-order valence-electron chi connectivity index (χ0n) is 10.9. The van der Waals surface area contributed by atoms with E-state index in [1.54, 1.807) is 4.68 Å². The van der Waals surface area contributed by atoms with Crippen molar-refractivity contribution < 1.29 is 4.79 Å². The van der Waals surface area contributed by atoms with Crippen molar-refractivity contribution in [3.8, 4) is 11.4 Å². The Labute approximate surface area is 115 Å². The minimum absolute atomic E-state index is 0.0783. The first-order chi connectivity index (χ1) is 9.84. The van der Waals surface area contributed by atoms with Crippen LogP contribution in [0.2, 0.25) is 0 Å². The molecular weight excluding hydrogens is 256 g/mol. The second kappa shape index (κ2) is 4.38. The van der Waals surface area contributed by atoms with Gasteiger partial charge in [0.1, 0.15) is 0 Å². The number of anilines is 1. The van der Waals surface area contributed by atoms with Gasteiger partial charge in [0.05, 0.1) is 5.69 Å². The zero-order chi connectivity index (χ0) is 13.5. The minimum atomic E-state index is -0.463. The van der Waals surface area contributed by atoms with Crippen molar-refractivity contribution in [2.45, 2.75) is 19.0 Å². The van der Waals surface area contributed by atoms with Crippen LogP contribution >= 0.6 is 0 Å². The number of carbonyl (C=O) groups excluding carboxylic acids is 1. The first-order valence-electron chi connectivity index (χ1n) is 6.77. The van der Waals surface area contributed by atoms with Crippen LogP contribution in [0.1, 0.15) is 19.0 Å². The SMILES string of the molecule is O=C1Nc2ccccc2-c2nnnn2C1N1CCCC1. The molecule has 0 bridgehead atoms. The Morgan fingerprint density at radius 2 is 2.00 bits per heavy atom. The smallest absolute Gasteiger partial charge is 0.264 e. The van der Waals surface area contributed by atoms with E-state index in [2.05, 4.69) is 25.7 Å². The lowest BCUT2D eigenvalue weighted by Gasteiger charge is -2.24. The van der Waals surface area contributed by atoms with Crippen LogP contribution in [0.5, 0.6) is 0 Å². The lowest BCUT2D eigenvalue weighted by Crippen LogP contribution is -2.39. The average molecular weight is 270 g/mol. The number of nitrogens with one attached hydrogen (secondary N) is 1. The lowest BCUT2D eigenvalue weighted by atomic mass is 10.1. The summed E-state index contributed by atoms with van der Waals surface area (Å²) in [5.74, 6) is 0.557.